The van der Waals surface area contributed by atoms with E-state index in [-0.39, 0.29) is 5.92 Å². The minimum Gasteiger partial charge on any atom is -0.120 e. The zero-order chi connectivity index (χ0) is 5.70. The van der Waals surface area contributed by atoms with Gasteiger partial charge in [-0.25, -0.2) is 0 Å². The summed E-state index contributed by atoms with van der Waals surface area (Å²) in [5, 5.41) is 0. The van der Waals surface area contributed by atoms with Gasteiger partial charge in [-0.05, 0) is 13.3 Å². The normalized spacial score (nSPS) is 12.7. The summed E-state index contributed by atoms with van der Waals surface area (Å²) < 4.78 is 0. The molecule has 0 fully saturated rings. The number of rotatable bonds is 2. The van der Waals surface area contributed by atoms with Crippen LogP contribution in [0.4, 0.5) is 0 Å². The molecule has 0 saturated heterocycles. The Labute approximate surface area is 45.9 Å². The molecule has 39 valence electrons. The van der Waals surface area contributed by atoms with E-state index >= 15 is 0 Å². The van der Waals surface area contributed by atoms with E-state index in [2.05, 4.69) is 19.8 Å². The highest BCUT2D eigenvalue weighted by molar-refractivity contribution is 4.93. The Morgan fingerprint density at radius 3 is 2.57 bits per heavy atom. The maximum Gasteiger partial charge on any atom is 0.0200 e. The third-order valence-corrected chi connectivity index (χ3v) is 0.873. The zero-order valence-electron chi connectivity index (χ0n) is 4.78. The molecule has 1 radical (unpaired) electrons. The van der Waals surface area contributed by atoms with Crippen molar-refractivity contribution < 1.29 is 0 Å². The van der Waals surface area contributed by atoms with Gasteiger partial charge < -0.3 is 0 Å². The van der Waals surface area contributed by atoms with Crippen LogP contribution >= 0.6 is 0 Å². The second kappa shape index (κ2) is 3.74. The summed E-state index contributed by atoms with van der Waals surface area (Å²) >= 11 is 0. The smallest absolute Gasteiger partial charge is 0.0200 e. The van der Waals surface area contributed by atoms with Crippen LogP contribution in [0.25, 0.3) is 0 Å². The molecule has 0 aliphatic rings. The van der Waals surface area contributed by atoms with Gasteiger partial charge in [-0.2, -0.15) is 0 Å². The molecule has 0 rings (SSSR count). The van der Waals surface area contributed by atoms with E-state index in [4.69, 9.17) is 6.42 Å². The molecule has 7 heavy (non-hydrogen) atoms. The van der Waals surface area contributed by atoms with Gasteiger partial charge in [-0.1, -0.05) is 13.3 Å². The van der Waals surface area contributed by atoms with Gasteiger partial charge in [0.15, 0.2) is 0 Å². The van der Waals surface area contributed by atoms with Crippen LogP contribution in [-0.2, 0) is 0 Å². The van der Waals surface area contributed by atoms with E-state index in [0.717, 1.165) is 12.8 Å². The van der Waals surface area contributed by atoms with Crippen molar-refractivity contribution in [2.45, 2.75) is 19.8 Å². The number of terminal acetylenes is 1. The molecule has 0 N–H and O–H groups in total. The lowest BCUT2D eigenvalue weighted by atomic mass is 10.1. The number of hydrogen-bond donors (Lipinski definition) is 0. The van der Waals surface area contributed by atoms with Crippen molar-refractivity contribution >= 4 is 0 Å². The summed E-state index contributed by atoms with van der Waals surface area (Å²) in [4.78, 5) is 0. The predicted molar refractivity (Wildman–Crippen MR) is 32.6 cm³/mol. The molecular weight excluding hydrogens is 84.1 g/mol. The van der Waals surface area contributed by atoms with Crippen LogP contribution in [0.1, 0.15) is 19.8 Å². The van der Waals surface area contributed by atoms with Gasteiger partial charge in [0.25, 0.3) is 0 Å². The van der Waals surface area contributed by atoms with Crippen LogP contribution in [0, 0.1) is 25.2 Å². The maximum atomic E-state index is 5.05. The van der Waals surface area contributed by atoms with Gasteiger partial charge in [-0.3, -0.25) is 0 Å². The summed E-state index contributed by atoms with van der Waals surface area (Å²) in [7, 11) is 0. The van der Waals surface area contributed by atoms with Crippen molar-refractivity contribution in [1.29, 1.82) is 0 Å². The van der Waals surface area contributed by atoms with Crippen molar-refractivity contribution in [3.8, 4) is 12.3 Å². The second-order valence-corrected chi connectivity index (χ2v) is 1.65. The van der Waals surface area contributed by atoms with Gasteiger partial charge in [0.1, 0.15) is 0 Å². The molecule has 0 amide bonds. The molecule has 0 bridgehead atoms. The standard InChI is InChI=1S/C7H11/c1-4-6-7(3)5-2/h2,7H,3-4,6H2,1H3. The van der Waals surface area contributed by atoms with Gasteiger partial charge in [0, 0.05) is 5.92 Å². The number of hydrogen-bond acceptors (Lipinski definition) is 0. The SMILES string of the molecule is C#CC([CH2])CCC. The molecule has 0 saturated carbocycles. The molecule has 1 unspecified atom stereocenters. The molecule has 0 heteroatoms. The Hall–Kier alpha value is -0.440. The van der Waals surface area contributed by atoms with Gasteiger partial charge >= 0.3 is 0 Å². The van der Waals surface area contributed by atoms with Gasteiger partial charge in [-0.15, -0.1) is 12.3 Å². The average molecular weight is 95.2 g/mol. The average Bonchev–Trinajstić information content (AvgIpc) is 1.68. The molecule has 0 heterocycles. The molecule has 1 atom stereocenters. The maximum absolute atomic E-state index is 5.05. The summed E-state index contributed by atoms with van der Waals surface area (Å²) in [5.41, 5.74) is 0. The van der Waals surface area contributed by atoms with Gasteiger partial charge in [0.2, 0.25) is 0 Å². The summed E-state index contributed by atoms with van der Waals surface area (Å²) in [5.74, 6) is 2.78. The molecule has 0 aliphatic heterocycles. The Bertz CT molecular complexity index is 66.6. The van der Waals surface area contributed by atoms with Crippen LogP contribution in [0.2, 0.25) is 0 Å². The van der Waals surface area contributed by atoms with E-state index < -0.39 is 0 Å². The first-order valence-electron chi connectivity index (χ1n) is 2.60. The van der Waals surface area contributed by atoms with Crippen molar-refractivity contribution in [2.75, 3.05) is 0 Å². The molecule has 0 aromatic rings. The first-order valence-corrected chi connectivity index (χ1v) is 2.60. The summed E-state index contributed by atoms with van der Waals surface area (Å²) in [6.07, 6.45) is 7.23. The highest BCUT2D eigenvalue weighted by Crippen LogP contribution is 2.00. The largest absolute Gasteiger partial charge is 0.120 e. The fourth-order valence-corrected chi connectivity index (χ4v) is 0.432. The molecule has 0 aliphatic carbocycles. The van der Waals surface area contributed by atoms with Crippen LogP contribution < -0.4 is 0 Å². The molecule has 0 nitrogen and oxygen atoms in total. The third kappa shape index (κ3) is 3.39. The van der Waals surface area contributed by atoms with Gasteiger partial charge in [0.05, 0.1) is 0 Å². The minimum atomic E-state index is 0.227. The summed E-state index contributed by atoms with van der Waals surface area (Å²) in [6.45, 7) is 5.82. The molecule has 0 aromatic heterocycles. The van der Waals surface area contributed by atoms with E-state index in [9.17, 15) is 0 Å². The summed E-state index contributed by atoms with van der Waals surface area (Å²) in [6, 6.07) is 0. The first kappa shape index (κ1) is 6.56. The minimum absolute atomic E-state index is 0.227. The monoisotopic (exact) mass is 95.1 g/mol. The Kier molecular flexibility index (Phi) is 3.50. The Balaban J connectivity index is 3.04. The lowest BCUT2D eigenvalue weighted by Gasteiger charge is -1.95. The van der Waals surface area contributed by atoms with Crippen LogP contribution in [0.15, 0.2) is 0 Å². The quantitative estimate of drug-likeness (QED) is 0.459. The predicted octanol–water partition coefficient (Wildman–Crippen LogP) is 1.87. The highest BCUT2D eigenvalue weighted by atomic mass is 13.9. The van der Waals surface area contributed by atoms with Crippen molar-refractivity contribution in [1.82, 2.24) is 0 Å². The fourth-order valence-electron chi connectivity index (χ4n) is 0.432. The van der Waals surface area contributed by atoms with Crippen molar-refractivity contribution in [3.63, 3.8) is 0 Å². The van der Waals surface area contributed by atoms with Crippen LogP contribution in [0.3, 0.4) is 0 Å². The highest BCUT2D eigenvalue weighted by Gasteiger charge is 1.90. The second-order valence-electron chi connectivity index (χ2n) is 1.65. The van der Waals surface area contributed by atoms with Crippen LogP contribution in [-0.4, -0.2) is 0 Å². The van der Waals surface area contributed by atoms with Crippen molar-refractivity contribution in [2.24, 2.45) is 5.92 Å². The Morgan fingerprint density at radius 2 is 2.43 bits per heavy atom. The fraction of sp³-hybridized carbons (Fsp3) is 0.571. The lowest BCUT2D eigenvalue weighted by Crippen LogP contribution is -1.86. The lowest BCUT2D eigenvalue weighted by molar-refractivity contribution is 0.706. The molecular formula is C7H11. The molecule has 0 aromatic carbocycles. The zero-order valence-corrected chi connectivity index (χ0v) is 4.78. The third-order valence-electron chi connectivity index (χ3n) is 0.873. The van der Waals surface area contributed by atoms with Crippen molar-refractivity contribution in [3.05, 3.63) is 6.92 Å². The topological polar surface area (TPSA) is 0 Å². The van der Waals surface area contributed by atoms with E-state index in [1.165, 1.54) is 0 Å². The molecule has 0 spiro atoms. The Morgan fingerprint density at radius 1 is 1.86 bits per heavy atom. The van der Waals surface area contributed by atoms with E-state index in [1.807, 2.05) is 0 Å². The van der Waals surface area contributed by atoms with Crippen LogP contribution in [0.5, 0.6) is 0 Å². The first-order chi connectivity index (χ1) is 3.31. The van der Waals surface area contributed by atoms with E-state index in [0.29, 0.717) is 0 Å². The van der Waals surface area contributed by atoms with E-state index in [1.54, 1.807) is 0 Å².